The summed E-state index contributed by atoms with van der Waals surface area (Å²) in [5.41, 5.74) is 0.868. The van der Waals surface area contributed by atoms with E-state index in [2.05, 4.69) is 11.8 Å². The minimum atomic E-state index is 0.0898. The minimum Gasteiger partial charge on any atom is -0.487 e. The highest BCUT2D eigenvalue weighted by Gasteiger charge is 2.17. The summed E-state index contributed by atoms with van der Waals surface area (Å²) in [7, 11) is 0. The van der Waals surface area contributed by atoms with Crippen molar-refractivity contribution in [1.29, 1.82) is 0 Å². The number of ether oxygens (including phenoxy) is 2. The van der Waals surface area contributed by atoms with Crippen molar-refractivity contribution in [3.63, 3.8) is 0 Å². The van der Waals surface area contributed by atoms with Crippen molar-refractivity contribution in [3.05, 3.63) is 29.8 Å². The van der Waals surface area contributed by atoms with E-state index in [9.17, 15) is 0 Å². The summed E-state index contributed by atoms with van der Waals surface area (Å²) >= 11 is 0. The van der Waals surface area contributed by atoms with Crippen LogP contribution in [0, 0.1) is 11.8 Å². The van der Waals surface area contributed by atoms with Gasteiger partial charge in [0.1, 0.15) is 11.9 Å². The van der Waals surface area contributed by atoms with Gasteiger partial charge in [0.25, 0.3) is 0 Å². The van der Waals surface area contributed by atoms with Gasteiger partial charge >= 0.3 is 0 Å². The molecule has 1 atom stereocenters. The van der Waals surface area contributed by atoms with E-state index < -0.39 is 0 Å². The molecule has 1 aromatic carbocycles. The Morgan fingerprint density at radius 1 is 1.41 bits per heavy atom. The SMILES string of the molecule is OCCC#Cc1ccccc1OC1CCOC1. The molecule has 0 aromatic heterocycles. The van der Waals surface area contributed by atoms with Crippen molar-refractivity contribution in [2.45, 2.75) is 18.9 Å². The van der Waals surface area contributed by atoms with Gasteiger partial charge in [0.2, 0.25) is 0 Å². The van der Waals surface area contributed by atoms with Crippen LogP contribution in [0.2, 0.25) is 0 Å². The number of hydrogen-bond acceptors (Lipinski definition) is 3. The van der Waals surface area contributed by atoms with Gasteiger partial charge in [-0.15, -0.1) is 0 Å². The number of benzene rings is 1. The Labute approximate surface area is 101 Å². The molecule has 1 unspecified atom stereocenters. The lowest BCUT2D eigenvalue weighted by molar-refractivity contribution is 0.141. The molecule has 1 heterocycles. The first-order valence-corrected chi connectivity index (χ1v) is 5.83. The fourth-order valence-electron chi connectivity index (χ4n) is 1.67. The second kappa shape index (κ2) is 6.29. The molecule has 17 heavy (non-hydrogen) atoms. The van der Waals surface area contributed by atoms with Crippen molar-refractivity contribution in [2.75, 3.05) is 19.8 Å². The van der Waals surface area contributed by atoms with Crippen molar-refractivity contribution < 1.29 is 14.6 Å². The monoisotopic (exact) mass is 232 g/mol. The van der Waals surface area contributed by atoms with E-state index in [-0.39, 0.29) is 12.7 Å². The van der Waals surface area contributed by atoms with Gasteiger partial charge in [-0.25, -0.2) is 0 Å². The van der Waals surface area contributed by atoms with Crippen LogP contribution >= 0.6 is 0 Å². The molecule has 3 nitrogen and oxygen atoms in total. The predicted molar refractivity (Wildman–Crippen MR) is 64.9 cm³/mol. The van der Waals surface area contributed by atoms with Gasteiger partial charge in [-0.3, -0.25) is 0 Å². The molecular formula is C14H16O3. The Morgan fingerprint density at radius 2 is 2.29 bits per heavy atom. The molecule has 1 aliphatic heterocycles. The van der Waals surface area contributed by atoms with Gasteiger partial charge in [0.05, 0.1) is 25.4 Å². The van der Waals surface area contributed by atoms with Crippen LogP contribution in [0.3, 0.4) is 0 Å². The number of aliphatic hydroxyl groups excluding tert-OH is 1. The van der Waals surface area contributed by atoms with E-state index in [0.29, 0.717) is 13.0 Å². The Hall–Kier alpha value is -1.50. The largest absolute Gasteiger partial charge is 0.487 e. The van der Waals surface area contributed by atoms with Gasteiger partial charge in [-0.2, -0.15) is 0 Å². The van der Waals surface area contributed by atoms with Gasteiger partial charge < -0.3 is 14.6 Å². The normalized spacial score (nSPS) is 18.5. The van der Waals surface area contributed by atoms with Gasteiger partial charge in [-0.05, 0) is 12.1 Å². The zero-order valence-electron chi connectivity index (χ0n) is 9.69. The molecule has 0 amide bonds. The topological polar surface area (TPSA) is 38.7 Å². The van der Waals surface area contributed by atoms with Crippen LogP contribution in [0.1, 0.15) is 18.4 Å². The minimum absolute atomic E-state index is 0.0898. The lowest BCUT2D eigenvalue weighted by Gasteiger charge is -2.12. The van der Waals surface area contributed by atoms with Gasteiger partial charge in [0, 0.05) is 12.8 Å². The zero-order chi connectivity index (χ0) is 11.9. The van der Waals surface area contributed by atoms with Crippen molar-refractivity contribution in [1.82, 2.24) is 0 Å². The molecule has 1 fully saturated rings. The summed E-state index contributed by atoms with van der Waals surface area (Å²) < 4.78 is 11.1. The van der Waals surface area contributed by atoms with Crippen LogP contribution in [0.4, 0.5) is 0 Å². The molecule has 0 spiro atoms. The average Bonchev–Trinajstić information content (AvgIpc) is 2.84. The highest BCUT2D eigenvalue weighted by atomic mass is 16.5. The lowest BCUT2D eigenvalue weighted by Crippen LogP contribution is -2.16. The molecule has 1 N–H and O–H groups in total. The van der Waals surface area contributed by atoms with Crippen LogP contribution in [0.5, 0.6) is 5.75 Å². The molecular weight excluding hydrogens is 216 g/mol. The molecule has 0 aliphatic carbocycles. The van der Waals surface area contributed by atoms with Crippen molar-refractivity contribution in [3.8, 4) is 17.6 Å². The molecule has 0 saturated carbocycles. The summed E-state index contributed by atoms with van der Waals surface area (Å²) in [4.78, 5) is 0. The Kier molecular flexibility index (Phi) is 4.43. The maximum absolute atomic E-state index is 8.69. The van der Waals surface area contributed by atoms with Crippen molar-refractivity contribution >= 4 is 0 Å². The molecule has 90 valence electrons. The van der Waals surface area contributed by atoms with Crippen molar-refractivity contribution in [2.24, 2.45) is 0 Å². The summed E-state index contributed by atoms with van der Waals surface area (Å²) in [5.74, 6) is 6.72. The highest BCUT2D eigenvalue weighted by molar-refractivity contribution is 5.46. The summed E-state index contributed by atoms with van der Waals surface area (Å²) in [6.07, 6.45) is 1.55. The number of para-hydroxylation sites is 1. The van der Waals surface area contributed by atoms with Gasteiger partial charge in [0.15, 0.2) is 0 Å². The summed E-state index contributed by atoms with van der Waals surface area (Å²) in [6.45, 7) is 1.51. The quantitative estimate of drug-likeness (QED) is 0.804. The van der Waals surface area contributed by atoms with Crippen LogP contribution in [-0.4, -0.2) is 31.0 Å². The van der Waals surface area contributed by atoms with E-state index >= 15 is 0 Å². The van der Waals surface area contributed by atoms with E-state index in [1.807, 2.05) is 24.3 Å². The summed E-state index contributed by atoms with van der Waals surface area (Å²) in [6, 6.07) is 7.71. The molecule has 0 bridgehead atoms. The maximum atomic E-state index is 8.69. The lowest BCUT2D eigenvalue weighted by atomic mass is 10.2. The Balaban J connectivity index is 2.07. The first kappa shape index (κ1) is 12.0. The fourth-order valence-corrected chi connectivity index (χ4v) is 1.67. The second-order valence-corrected chi connectivity index (χ2v) is 3.87. The highest BCUT2D eigenvalue weighted by Crippen LogP contribution is 2.21. The van der Waals surface area contributed by atoms with E-state index in [1.54, 1.807) is 0 Å². The fraction of sp³-hybridized carbons (Fsp3) is 0.429. The third-order valence-corrected chi connectivity index (χ3v) is 2.53. The third kappa shape index (κ3) is 3.48. The van der Waals surface area contributed by atoms with Crippen LogP contribution in [0.25, 0.3) is 0 Å². The number of aliphatic hydroxyl groups is 1. The standard InChI is InChI=1S/C14H16O3/c15-9-4-3-6-12-5-1-2-7-14(12)17-13-8-10-16-11-13/h1-2,5,7,13,15H,4,8-11H2. The molecule has 1 aromatic rings. The first-order valence-electron chi connectivity index (χ1n) is 5.83. The van der Waals surface area contributed by atoms with E-state index in [4.69, 9.17) is 14.6 Å². The molecule has 0 radical (unpaired) electrons. The van der Waals surface area contributed by atoms with Crippen LogP contribution in [-0.2, 0) is 4.74 Å². The Bertz CT molecular complexity index is 411. The van der Waals surface area contributed by atoms with Crippen LogP contribution < -0.4 is 4.74 Å². The summed E-state index contributed by atoms with van der Waals surface area (Å²) in [5, 5.41) is 8.69. The van der Waals surface area contributed by atoms with Gasteiger partial charge in [-0.1, -0.05) is 24.0 Å². The first-order chi connectivity index (χ1) is 8.40. The molecule has 1 saturated heterocycles. The maximum Gasteiger partial charge on any atom is 0.135 e. The molecule has 1 aliphatic rings. The number of hydrogen-bond donors (Lipinski definition) is 1. The number of rotatable bonds is 3. The second-order valence-electron chi connectivity index (χ2n) is 3.87. The molecule has 3 heteroatoms. The van der Waals surface area contributed by atoms with E-state index in [0.717, 1.165) is 24.3 Å². The van der Waals surface area contributed by atoms with E-state index in [1.165, 1.54) is 0 Å². The third-order valence-electron chi connectivity index (χ3n) is 2.53. The average molecular weight is 232 g/mol. The predicted octanol–water partition coefficient (Wildman–Crippen LogP) is 1.59. The Morgan fingerprint density at radius 3 is 3.06 bits per heavy atom. The van der Waals surface area contributed by atoms with Crippen LogP contribution in [0.15, 0.2) is 24.3 Å². The zero-order valence-corrected chi connectivity index (χ0v) is 9.69. The molecule has 2 rings (SSSR count). The smallest absolute Gasteiger partial charge is 0.135 e.